The highest BCUT2D eigenvalue weighted by molar-refractivity contribution is 4.97. The molecule has 0 amide bonds. The van der Waals surface area contributed by atoms with Gasteiger partial charge in [-0.2, -0.15) is 0 Å². The maximum Gasteiger partial charge on any atom is 0.0842 e. The fourth-order valence-corrected chi connectivity index (χ4v) is 2.99. The smallest absolute Gasteiger partial charge is 0.0842 e. The van der Waals surface area contributed by atoms with Gasteiger partial charge in [-0.1, -0.05) is 31.4 Å². The molecule has 1 aromatic rings. The Balaban J connectivity index is 1.88. The van der Waals surface area contributed by atoms with E-state index >= 15 is 0 Å². The van der Waals surface area contributed by atoms with Crippen LogP contribution in [-0.4, -0.2) is 21.0 Å². The third kappa shape index (κ3) is 3.28. The van der Waals surface area contributed by atoms with E-state index in [-0.39, 0.29) is 6.04 Å². The van der Waals surface area contributed by atoms with Gasteiger partial charge in [-0.25, -0.2) is 0 Å². The van der Waals surface area contributed by atoms with Gasteiger partial charge in [-0.3, -0.25) is 4.68 Å². The normalized spacial score (nSPS) is 27.0. The first-order chi connectivity index (χ1) is 8.19. The molecule has 2 rings (SSSR count). The predicted molar refractivity (Wildman–Crippen MR) is 68.4 cm³/mol. The van der Waals surface area contributed by atoms with E-state index in [0.29, 0.717) is 5.92 Å². The topological polar surface area (TPSA) is 56.7 Å². The van der Waals surface area contributed by atoms with Gasteiger partial charge >= 0.3 is 0 Å². The van der Waals surface area contributed by atoms with Crippen molar-refractivity contribution < 1.29 is 0 Å². The summed E-state index contributed by atoms with van der Waals surface area (Å²) < 4.78 is 1.75. The molecule has 0 saturated heterocycles. The van der Waals surface area contributed by atoms with Crippen LogP contribution in [0.1, 0.15) is 44.7 Å². The van der Waals surface area contributed by atoms with Gasteiger partial charge in [0.2, 0.25) is 0 Å². The molecule has 1 fully saturated rings. The molecule has 2 N–H and O–H groups in total. The third-order valence-corrected chi connectivity index (χ3v) is 4.10. The van der Waals surface area contributed by atoms with Gasteiger partial charge in [0.25, 0.3) is 0 Å². The molecular weight excluding hydrogens is 212 g/mol. The van der Waals surface area contributed by atoms with Gasteiger partial charge in [-0.15, -0.1) is 5.10 Å². The van der Waals surface area contributed by atoms with Crippen LogP contribution in [0, 0.1) is 11.8 Å². The van der Waals surface area contributed by atoms with Crippen LogP contribution in [0.3, 0.4) is 0 Å². The van der Waals surface area contributed by atoms with Crippen LogP contribution in [0.2, 0.25) is 0 Å². The van der Waals surface area contributed by atoms with Gasteiger partial charge in [-0.05, 0) is 24.7 Å². The summed E-state index contributed by atoms with van der Waals surface area (Å²) in [5.74, 6) is 1.57. The Morgan fingerprint density at radius 2 is 2.35 bits per heavy atom. The number of hydrogen-bond donors (Lipinski definition) is 1. The summed E-state index contributed by atoms with van der Waals surface area (Å²) in [5.41, 5.74) is 7.36. The summed E-state index contributed by atoms with van der Waals surface area (Å²) in [6, 6.07) is 0.251. The van der Waals surface area contributed by atoms with E-state index in [0.717, 1.165) is 18.0 Å². The molecule has 0 spiro atoms. The van der Waals surface area contributed by atoms with E-state index in [1.165, 1.54) is 32.1 Å². The van der Waals surface area contributed by atoms with E-state index in [4.69, 9.17) is 5.73 Å². The number of rotatable bonds is 4. The average Bonchev–Trinajstić information content (AvgIpc) is 2.75. The molecule has 0 bridgehead atoms. The summed E-state index contributed by atoms with van der Waals surface area (Å²) in [6.45, 7) is 2.29. The van der Waals surface area contributed by atoms with Crippen molar-refractivity contribution in [3.8, 4) is 0 Å². The largest absolute Gasteiger partial charge is 0.327 e. The molecule has 1 saturated carbocycles. The van der Waals surface area contributed by atoms with Crippen molar-refractivity contribution in [1.29, 1.82) is 0 Å². The van der Waals surface area contributed by atoms with E-state index in [1.807, 2.05) is 13.2 Å². The molecule has 17 heavy (non-hydrogen) atoms. The molecule has 1 aromatic heterocycles. The summed E-state index contributed by atoms with van der Waals surface area (Å²) in [6.07, 6.45) is 9.47. The third-order valence-electron chi connectivity index (χ3n) is 4.10. The molecule has 0 aromatic carbocycles. The van der Waals surface area contributed by atoms with Crippen molar-refractivity contribution in [3.63, 3.8) is 0 Å². The van der Waals surface area contributed by atoms with Crippen molar-refractivity contribution in [2.24, 2.45) is 24.6 Å². The minimum Gasteiger partial charge on any atom is -0.327 e. The van der Waals surface area contributed by atoms with Gasteiger partial charge in [0, 0.05) is 25.7 Å². The minimum absolute atomic E-state index is 0.251. The molecule has 0 radical (unpaired) electrons. The van der Waals surface area contributed by atoms with E-state index in [2.05, 4.69) is 17.2 Å². The fraction of sp³-hybridized carbons (Fsp3) is 0.846. The van der Waals surface area contributed by atoms with Crippen molar-refractivity contribution in [2.45, 2.75) is 51.5 Å². The maximum atomic E-state index is 6.33. The quantitative estimate of drug-likeness (QED) is 0.868. The molecule has 4 nitrogen and oxygen atoms in total. The van der Waals surface area contributed by atoms with E-state index in [1.54, 1.807) is 4.68 Å². The zero-order chi connectivity index (χ0) is 12.3. The highest BCUT2D eigenvalue weighted by atomic mass is 15.4. The Morgan fingerprint density at radius 3 is 3.00 bits per heavy atom. The molecule has 96 valence electrons. The Bertz CT molecular complexity index is 347. The highest BCUT2D eigenvalue weighted by Gasteiger charge is 2.26. The minimum atomic E-state index is 0.251. The van der Waals surface area contributed by atoms with Gasteiger partial charge in [0.05, 0.1) is 5.69 Å². The number of nitrogens with two attached hydrogens (primary N) is 1. The number of aryl methyl sites for hydroxylation is 1. The van der Waals surface area contributed by atoms with Crippen LogP contribution in [0.25, 0.3) is 0 Å². The maximum absolute atomic E-state index is 6.33. The molecule has 1 aliphatic carbocycles. The summed E-state index contributed by atoms with van der Waals surface area (Å²) >= 11 is 0. The number of aromatic nitrogens is 3. The first-order valence-electron chi connectivity index (χ1n) is 6.79. The van der Waals surface area contributed by atoms with Crippen molar-refractivity contribution in [2.75, 3.05) is 0 Å². The first-order valence-corrected chi connectivity index (χ1v) is 6.79. The summed E-state index contributed by atoms with van der Waals surface area (Å²) in [7, 11) is 1.90. The molecular formula is C13H24N4. The molecule has 4 heteroatoms. The standard InChI is InChI=1S/C13H24N4/c1-3-10-5-4-6-11(7-10)13(14)8-12-9-17(2)16-15-12/h9-11,13H,3-8,14H2,1-2H3. The Hall–Kier alpha value is -0.900. The monoisotopic (exact) mass is 236 g/mol. The van der Waals surface area contributed by atoms with Crippen molar-refractivity contribution in [1.82, 2.24) is 15.0 Å². The van der Waals surface area contributed by atoms with Crippen LogP contribution < -0.4 is 5.73 Å². The van der Waals surface area contributed by atoms with Crippen molar-refractivity contribution >= 4 is 0 Å². The number of hydrogen-bond acceptors (Lipinski definition) is 3. The molecule has 1 heterocycles. The second-order valence-electron chi connectivity index (χ2n) is 5.45. The fourth-order valence-electron chi connectivity index (χ4n) is 2.99. The van der Waals surface area contributed by atoms with Gasteiger partial charge in [0.15, 0.2) is 0 Å². The Kier molecular flexibility index (Phi) is 4.15. The van der Waals surface area contributed by atoms with Crippen LogP contribution in [-0.2, 0) is 13.5 Å². The lowest BCUT2D eigenvalue weighted by Crippen LogP contribution is -2.35. The molecule has 3 atom stereocenters. The lowest BCUT2D eigenvalue weighted by molar-refractivity contribution is 0.228. The lowest BCUT2D eigenvalue weighted by atomic mass is 9.76. The van der Waals surface area contributed by atoms with Crippen LogP contribution in [0.4, 0.5) is 0 Å². The molecule has 1 aliphatic rings. The van der Waals surface area contributed by atoms with Crippen LogP contribution in [0.15, 0.2) is 6.20 Å². The number of nitrogens with zero attached hydrogens (tertiary/aromatic N) is 3. The predicted octanol–water partition coefficient (Wildman–Crippen LogP) is 1.90. The Morgan fingerprint density at radius 1 is 1.53 bits per heavy atom. The Labute approximate surface area is 104 Å². The van der Waals surface area contributed by atoms with Crippen molar-refractivity contribution in [3.05, 3.63) is 11.9 Å². The van der Waals surface area contributed by atoms with Crippen LogP contribution >= 0.6 is 0 Å². The zero-order valence-electron chi connectivity index (χ0n) is 11.0. The molecule has 3 unspecified atom stereocenters. The SMILES string of the molecule is CCC1CCCC(C(N)Cc2cn(C)nn2)C1. The van der Waals surface area contributed by atoms with Gasteiger partial charge in [0.1, 0.15) is 0 Å². The van der Waals surface area contributed by atoms with E-state index < -0.39 is 0 Å². The summed E-state index contributed by atoms with van der Waals surface area (Å²) in [4.78, 5) is 0. The van der Waals surface area contributed by atoms with E-state index in [9.17, 15) is 0 Å². The second kappa shape index (κ2) is 5.63. The van der Waals surface area contributed by atoms with Crippen LogP contribution in [0.5, 0.6) is 0 Å². The highest BCUT2D eigenvalue weighted by Crippen LogP contribution is 2.32. The second-order valence-corrected chi connectivity index (χ2v) is 5.45. The molecule has 0 aliphatic heterocycles. The zero-order valence-corrected chi connectivity index (χ0v) is 11.0. The first kappa shape index (κ1) is 12.6. The lowest BCUT2D eigenvalue weighted by Gasteiger charge is -2.32. The average molecular weight is 236 g/mol. The summed E-state index contributed by atoms with van der Waals surface area (Å²) in [5, 5.41) is 8.08. The van der Waals surface area contributed by atoms with Gasteiger partial charge < -0.3 is 5.73 Å².